The van der Waals surface area contributed by atoms with Crippen molar-refractivity contribution in [2.45, 2.75) is 43.0 Å². The summed E-state index contributed by atoms with van der Waals surface area (Å²) in [5, 5.41) is 19.5. The largest absolute Gasteiger partial charge is 0.369 e. The van der Waals surface area contributed by atoms with Gasteiger partial charge >= 0.3 is 0 Å². The van der Waals surface area contributed by atoms with Gasteiger partial charge in [0.05, 0.1) is 5.75 Å². The molecular weight excluding hydrogens is 298 g/mol. The lowest BCUT2D eigenvalue weighted by molar-refractivity contribution is -0.410. The maximum absolute atomic E-state index is 11.0. The predicted octanol–water partition coefficient (Wildman–Crippen LogP) is 1.45. The molecule has 6 nitrogen and oxygen atoms in total. The summed E-state index contributed by atoms with van der Waals surface area (Å²) >= 11 is 1.15. The van der Waals surface area contributed by atoms with Crippen molar-refractivity contribution in [3.8, 4) is 12.1 Å². The second-order valence-corrected chi connectivity index (χ2v) is 6.33. The Balaban J connectivity index is 2.54. The molecule has 0 radical (unpaired) electrons. The smallest absolute Gasteiger partial charge is 0.289 e. The highest BCUT2D eigenvalue weighted by molar-refractivity contribution is 7.99. The number of aromatic amines is 1. The molecule has 22 heavy (non-hydrogen) atoms. The van der Waals surface area contributed by atoms with Crippen molar-refractivity contribution in [3.05, 3.63) is 16.7 Å². The molecule has 114 valence electrons. The van der Waals surface area contributed by atoms with Gasteiger partial charge in [-0.2, -0.15) is 10.5 Å². The number of nitrogens with one attached hydrogen (secondary N) is 1. The number of nitrogens with two attached hydrogens (primary N) is 2. The maximum Gasteiger partial charge on any atom is 0.289 e. The van der Waals surface area contributed by atoms with E-state index in [0.29, 0.717) is 16.2 Å². The minimum atomic E-state index is -0.468. The number of pyridine rings is 1. The third-order valence-corrected chi connectivity index (χ3v) is 4.90. The number of rotatable bonds is 4. The van der Waals surface area contributed by atoms with E-state index in [1.807, 2.05) is 0 Å². The molecule has 0 aromatic carbocycles. The van der Waals surface area contributed by atoms with E-state index in [0.717, 1.165) is 43.0 Å². The number of anilines is 1. The van der Waals surface area contributed by atoms with Crippen LogP contribution in [0.25, 0.3) is 0 Å². The molecule has 1 fully saturated rings. The van der Waals surface area contributed by atoms with Crippen molar-refractivity contribution in [1.82, 2.24) is 0 Å². The molecule has 1 aliphatic rings. The number of carbonyl (C=O) groups is 1. The van der Waals surface area contributed by atoms with Gasteiger partial charge in [0.1, 0.15) is 23.3 Å². The highest BCUT2D eigenvalue weighted by Crippen LogP contribution is 2.38. The van der Waals surface area contributed by atoms with Gasteiger partial charge in [0.2, 0.25) is 5.91 Å². The quantitative estimate of drug-likeness (QED) is 0.812. The molecule has 7 heteroatoms. The minimum Gasteiger partial charge on any atom is -0.369 e. The number of nitrogens with zero attached hydrogens (tertiary/aromatic N) is 2. The normalized spacial score (nSPS) is 15.0. The highest BCUT2D eigenvalue weighted by atomic mass is 32.2. The van der Waals surface area contributed by atoms with Crippen LogP contribution in [0.2, 0.25) is 0 Å². The number of amides is 1. The molecule has 1 aromatic heterocycles. The Morgan fingerprint density at radius 1 is 1.23 bits per heavy atom. The molecule has 0 saturated heterocycles. The van der Waals surface area contributed by atoms with Crippen molar-refractivity contribution in [1.29, 1.82) is 10.5 Å². The lowest BCUT2D eigenvalue weighted by atomic mass is 9.80. The van der Waals surface area contributed by atoms with Crippen molar-refractivity contribution in [3.63, 3.8) is 0 Å². The van der Waals surface area contributed by atoms with Crippen LogP contribution in [-0.2, 0) is 4.79 Å². The monoisotopic (exact) mass is 316 g/mol. The summed E-state index contributed by atoms with van der Waals surface area (Å²) in [5.74, 6) is 0.00188. The molecule has 0 spiro atoms. The van der Waals surface area contributed by atoms with Gasteiger partial charge in [-0.1, -0.05) is 31.0 Å². The van der Waals surface area contributed by atoms with Gasteiger partial charge in [-0.15, -0.1) is 0 Å². The predicted molar refractivity (Wildman–Crippen MR) is 82.6 cm³/mol. The molecule has 1 aromatic rings. The molecule has 0 aliphatic heterocycles. The van der Waals surface area contributed by atoms with Crippen LogP contribution < -0.4 is 16.5 Å². The topological polar surface area (TPSA) is 131 Å². The third kappa shape index (κ3) is 3.32. The molecule has 0 atom stereocenters. The lowest BCUT2D eigenvalue weighted by Crippen LogP contribution is -2.23. The third-order valence-electron chi connectivity index (χ3n) is 3.88. The van der Waals surface area contributed by atoms with Crippen molar-refractivity contribution in [2.24, 2.45) is 5.73 Å². The second kappa shape index (κ2) is 7.15. The van der Waals surface area contributed by atoms with Crippen molar-refractivity contribution in [2.75, 3.05) is 11.5 Å². The molecule has 0 unspecified atom stereocenters. The Kier molecular flexibility index (Phi) is 5.24. The first kappa shape index (κ1) is 16.1. The average Bonchev–Trinajstić information content (AvgIpc) is 2.52. The van der Waals surface area contributed by atoms with Crippen molar-refractivity contribution < 1.29 is 9.78 Å². The Bertz CT molecular complexity index is 668. The van der Waals surface area contributed by atoms with Crippen molar-refractivity contribution >= 4 is 23.5 Å². The van der Waals surface area contributed by atoms with Gasteiger partial charge in [0, 0.05) is 5.56 Å². The van der Waals surface area contributed by atoms with Crippen LogP contribution in [0.1, 0.15) is 54.7 Å². The molecular formula is C15H18N5OS+. The van der Waals surface area contributed by atoms with E-state index in [1.165, 1.54) is 6.42 Å². The van der Waals surface area contributed by atoms with E-state index in [9.17, 15) is 15.3 Å². The number of carbonyl (C=O) groups excluding carboxylic acids is 1. The van der Waals surface area contributed by atoms with E-state index >= 15 is 0 Å². The molecule has 1 saturated carbocycles. The fourth-order valence-corrected chi connectivity index (χ4v) is 3.69. The van der Waals surface area contributed by atoms with Gasteiger partial charge in [0.25, 0.3) is 5.82 Å². The summed E-state index contributed by atoms with van der Waals surface area (Å²) in [6, 6.07) is 4.30. The number of primary amides is 1. The van der Waals surface area contributed by atoms with Crippen LogP contribution in [0.3, 0.4) is 0 Å². The summed E-state index contributed by atoms with van der Waals surface area (Å²) in [6.07, 6.45) is 5.25. The zero-order valence-corrected chi connectivity index (χ0v) is 13.0. The molecule has 5 N–H and O–H groups in total. The van der Waals surface area contributed by atoms with E-state index in [-0.39, 0.29) is 17.5 Å². The lowest BCUT2D eigenvalue weighted by Gasteiger charge is -2.23. The minimum absolute atomic E-state index is 0.0562. The number of aromatic nitrogens is 1. The zero-order valence-electron chi connectivity index (χ0n) is 12.2. The van der Waals surface area contributed by atoms with Crippen LogP contribution >= 0.6 is 11.8 Å². The molecule has 0 bridgehead atoms. The number of hydrogen-bond donors (Lipinski definition) is 2. The van der Waals surface area contributed by atoms with Crippen LogP contribution in [0.5, 0.6) is 0 Å². The second-order valence-electron chi connectivity index (χ2n) is 5.35. The molecule has 1 amide bonds. The Labute approximate surface area is 133 Å². The van der Waals surface area contributed by atoms with E-state index in [4.69, 9.17) is 11.5 Å². The van der Waals surface area contributed by atoms with Crippen LogP contribution in [-0.4, -0.2) is 11.7 Å². The van der Waals surface area contributed by atoms with Gasteiger partial charge in [-0.25, -0.2) is 4.98 Å². The van der Waals surface area contributed by atoms with Gasteiger partial charge < -0.3 is 5.73 Å². The summed E-state index contributed by atoms with van der Waals surface area (Å²) in [5.41, 5.74) is 12.6. The Morgan fingerprint density at radius 2 is 1.86 bits per heavy atom. The van der Waals surface area contributed by atoms with Gasteiger partial charge in [0.15, 0.2) is 5.03 Å². The first-order chi connectivity index (χ1) is 10.6. The zero-order chi connectivity index (χ0) is 16.1. The summed E-state index contributed by atoms with van der Waals surface area (Å²) in [6.45, 7) is 0. The highest BCUT2D eigenvalue weighted by Gasteiger charge is 2.29. The maximum atomic E-state index is 11.0. The number of H-pyrrole nitrogens is 1. The standard InChI is InChI=1S/C15H17N5OS/c16-6-10-13(9-4-2-1-3-5-9)11(7-17)15(20-14(10)19)22-8-12(18)21/h9H,1-5,8H2,(H2,18,21)(H2,19,20)/p+1. The van der Waals surface area contributed by atoms with E-state index in [1.54, 1.807) is 0 Å². The summed E-state index contributed by atoms with van der Waals surface area (Å²) in [7, 11) is 0. The fourth-order valence-electron chi connectivity index (χ4n) is 2.92. The first-order valence-electron chi connectivity index (χ1n) is 7.18. The SMILES string of the molecule is N#Cc1c(N)[nH+]c(SCC(N)=O)c(C#N)c1C1CCCCC1. The van der Waals surface area contributed by atoms with Gasteiger partial charge in [-0.05, 0) is 18.8 Å². The van der Waals surface area contributed by atoms with Gasteiger partial charge in [-0.3, -0.25) is 10.5 Å². The summed E-state index contributed by atoms with van der Waals surface area (Å²) < 4.78 is 0. The molecule has 1 heterocycles. The van der Waals surface area contributed by atoms with Crippen LogP contribution in [0, 0.1) is 22.7 Å². The van der Waals surface area contributed by atoms with E-state index in [2.05, 4.69) is 17.1 Å². The number of hydrogen-bond acceptors (Lipinski definition) is 5. The van der Waals surface area contributed by atoms with E-state index < -0.39 is 5.91 Å². The summed E-state index contributed by atoms with van der Waals surface area (Å²) in [4.78, 5) is 13.9. The number of thioether (sulfide) groups is 1. The fraction of sp³-hybridized carbons (Fsp3) is 0.467. The van der Waals surface area contributed by atoms with Crippen LogP contribution in [0.15, 0.2) is 5.03 Å². The number of nitrogen functional groups attached to an aromatic ring is 1. The number of nitriles is 2. The molecule has 2 rings (SSSR count). The Morgan fingerprint density at radius 3 is 2.41 bits per heavy atom. The average molecular weight is 316 g/mol. The first-order valence-corrected chi connectivity index (χ1v) is 8.17. The van der Waals surface area contributed by atoms with Crippen LogP contribution in [0.4, 0.5) is 5.82 Å². The Hall–Kier alpha value is -2.25. The molecule has 1 aliphatic carbocycles.